The third-order valence-electron chi connectivity index (χ3n) is 3.25. The van der Waals surface area contributed by atoms with E-state index in [0.29, 0.717) is 18.7 Å². The Bertz CT molecular complexity index is 366. The molecule has 0 spiro atoms. The highest BCUT2D eigenvalue weighted by molar-refractivity contribution is 5.30. The van der Waals surface area contributed by atoms with E-state index < -0.39 is 5.67 Å². The summed E-state index contributed by atoms with van der Waals surface area (Å²) in [7, 11) is 2.02. The van der Waals surface area contributed by atoms with Crippen LogP contribution in [0, 0.1) is 6.92 Å². The minimum atomic E-state index is -1.15. The summed E-state index contributed by atoms with van der Waals surface area (Å²) in [6.07, 6.45) is 1.11. The van der Waals surface area contributed by atoms with Crippen LogP contribution in [-0.2, 0) is 6.54 Å². The van der Waals surface area contributed by atoms with Crippen molar-refractivity contribution < 1.29 is 4.39 Å². The molecule has 1 aromatic rings. The van der Waals surface area contributed by atoms with Gasteiger partial charge in [-0.2, -0.15) is 5.10 Å². The zero-order valence-electron chi connectivity index (χ0n) is 9.91. The highest BCUT2D eigenvalue weighted by Crippen LogP contribution is 2.28. The van der Waals surface area contributed by atoms with Crippen LogP contribution in [-0.4, -0.2) is 40.5 Å². The number of nitrogens with two attached hydrogens (primary N) is 1. The number of hydrogen-bond donors (Lipinski definition) is 1. The maximum atomic E-state index is 14.5. The number of halogens is 1. The van der Waals surface area contributed by atoms with Crippen molar-refractivity contribution in [2.75, 3.05) is 25.9 Å². The minimum absolute atomic E-state index is 0.278. The van der Waals surface area contributed by atoms with E-state index in [1.54, 1.807) is 10.7 Å². The number of aromatic nitrogens is 2. The van der Waals surface area contributed by atoms with Gasteiger partial charge < -0.3 is 10.6 Å². The van der Waals surface area contributed by atoms with E-state index in [2.05, 4.69) is 10.00 Å². The molecule has 1 fully saturated rings. The van der Waals surface area contributed by atoms with Gasteiger partial charge >= 0.3 is 0 Å². The molecule has 2 rings (SSSR count). The molecule has 0 aromatic carbocycles. The van der Waals surface area contributed by atoms with Crippen molar-refractivity contribution in [1.29, 1.82) is 0 Å². The number of alkyl halides is 1. The number of anilines is 1. The molecule has 4 nitrogen and oxygen atoms in total. The fraction of sp³-hybridized carbons (Fsp3) is 0.727. The predicted molar refractivity (Wildman–Crippen MR) is 61.9 cm³/mol. The third-order valence-corrected chi connectivity index (χ3v) is 3.25. The summed E-state index contributed by atoms with van der Waals surface area (Å²) in [4.78, 5) is 2.15. The van der Waals surface area contributed by atoms with Gasteiger partial charge in [-0.25, -0.2) is 9.07 Å². The van der Waals surface area contributed by atoms with Gasteiger partial charge in [-0.15, -0.1) is 0 Å². The molecule has 1 aliphatic rings. The first kappa shape index (κ1) is 11.4. The van der Waals surface area contributed by atoms with Crippen LogP contribution in [0.1, 0.15) is 18.5 Å². The maximum Gasteiger partial charge on any atom is 0.133 e. The van der Waals surface area contributed by atoms with Crippen LogP contribution in [0.2, 0.25) is 0 Å². The van der Waals surface area contributed by atoms with Crippen LogP contribution >= 0.6 is 0 Å². The van der Waals surface area contributed by atoms with Gasteiger partial charge in [-0.1, -0.05) is 0 Å². The van der Waals surface area contributed by atoms with Gasteiger partial charge in [0.05, 0.1) is 12.2 Å². The van der Waals surface area contributed by atoms with Gasteiger partial charge in [-0.3, -0.25) is 0 Å². The van der Waals surface area contributed by atoms with Gasteiger partial charge in [0.1, 0.15) is 11.5 Å². The van der Waals surface area contributed by atoms with E-state index >= 15 is 0 Å². The molecule has 2 N–H and O–H groups in total. The number of likely N-dealkylation sites (tertiary alicyclic amines) is 1. The average molecular weight is 226 g/mol. The van der Waals surface area contributed by atoms with Crippen molar-refractivity contribution in [2.24, 2.45) is 0 Å². The molecule has 0 bridgehead atoms. The van der Waals surface area contributed by atoms with Gasteiger partial charge in [-0.05, 0) is 26.8 Å². The summed E-state index contributed by atoms with van der Waals surface area (Å²) in [5.41, 5.74) is 5.46. The molecule has 5 heteroatoms. The molecule has 1 saturated heterocycles. The van der Waals surface area contributed by atoms with Crippen molar-refractivity contribution >= 4 is 5.82 Å². The van der Waals surface area contributed by atoms with Crippen molar-refractivity contribution in [3.63, 3.8) is 0 Å². The molecule has 2 heterocycles. The fourth-order valence-corrected chi connectivity index (χ4v) is 2.14. The molecule has 0 atom stereocenters. The van der Waals surface area contributed by atoms with Crippen LogP contribution < -0.4 is 5.73 Å². The van der Waals surface area contributed by atoms with Crippen molar-refractivity contribution in [1.82, 2.24) is 14.7 Å². The lowest BCUT2D eigenvalue weighted by molar-refractivity contribution is 0.0505. The number of aryl methyl sites for hydroxylation is 1. The molecule has 90 valence electrons. The first-order valence-corrected chi connectivity index (χ1v) is 5.66. The lowest BCUT2D eigenvalue weighted by Gasteiger charge is -2.34. The number of piperidine rings is 1. The molecule has 0 unspecified atom stereocenters. The summed E-state index contributed by atoms with van der Waals surface area (Å²) >= 11 is 0. The lowest BCUT2D eigenvalue weighted by Crippen LogP contribution is -2.42. The van der Waals surface area contributed by atoms with E-state index in [1.165, 1.54) is 0 Å². The summed E-state index contributed by atoms with van der Waals surface area (Å²) in [5, 5.41) is 4.21. The zero-order valence-corrected chi connectivity index (χ0v) is 9.91. The second kappa shape index (κ2) is 4.05. The number of nitrogen functional groups attached to an aromatic ring is 1. The Morgan fingerprint density at radius 1 is 1.50 bits per heavy atom. The largest absolute Gasteiger partial charge is 0.384 e. The molecule has 16 heavy (non-hydrogen) atoms. The second-order valence-corrected chi connectivity index (χ2v) is 4.82. The van der Waals surface area contributed by atoms with Crippen LogP contribution in [0.25, 0.3) is 0 Å². The number of nitrogens with zero attached hydrogens (tertiary/aromatic N) is 3. The Kier molecular flexibility index (Phi) is 2.88. The smallest absolute Gasteiger partial charge is 0.133 e. The summed E-state index contributed by atoms with van der Waals surface area (Å²) in [5.74, 6) is 0.549. The lowest BCUT2D eigenvalue weighted by atomic mass is 9.93. The molecule has 0 amide bonds. The molecule has 1 aromatic heterocycles. The molecule has 0 saturated carbocycles. The quantitative estimate of drug-likeness (QED) is 0.824. The van der Waals surface area contributed by atoms with Crippen LogP contribution in [0.5, 0.6) is 0 Å². The van der Waals surface area contributed by atoms with E-state index in [0.717, 1.165) is 18.8 Å². The van der Waals surface area contributed by atoms with E-state index in [1.807, 2.05) is 14.0 Å². The molecular weight excluding hydrogens is 207 g/mol. The first-order valence-electron chi connectivity index (χ1n) is 5.66. The number of hydrogen-bond acceptors (Lipinski definition) is 3. The highest BCUT2D eigenvalue weighted by Gasteiger charge is 2.34. The fourth-order valence-electron chi connectivity index (χ4n) is 2.14. The Balaban J connectivity index is 2.06. The zero-order chi connectivity index (χ0) is 11.8. The SMILES string of the molecule is Cc1cc(N)n(CC2(F)CCN(C)CC2)n1. The predicted octanol–water partition coefficient (Wildman–Crippen LogP) is 1.21. The van der Waals surface area contributed by atoms with Crippen LogP contribution in [0.15, 0.2) is 6.07 Å². The van der Waals surface area contributed by atoms with Crippen molar-refractivity contribution in [3.8, 4) is 0 Å². The third kappa shape index (κ3) is 2.35. The number of rotatable bonds is 2. The van der Waals surface area contributed by atoms with Gasteiger partial charge in [0, 0.05) is 19.2 Å². The Morgan fingerprint density at radius 3 is 2.62 bits per heavy atom. The minimum Gasteiger partial charge on any atom is -0.384 e. The van der Waals surface area contributed by atoms with Gasteiger partial charge in [0.25, 0.3) is 0 Å². The average Bonchev–Trinajstić information content (AvgIpc) is 2.51. The standard InChI is InChI=1S/C11H19FN4/c1-9-7-10(13)16(14-9)8-11(12)3-5-15(2)6-4-11/h7H,3-6,8,13H2,1-2H3. The van der Waals surface area contributed by atoms with Crippen molar-refractivity contribution in [2.45, 2.75) is 32.0 Å². The summed E-state index contributed by atoms with van der Waals surface area (Å²) in [6.45, 7) is 3.75. The Hall–Kier alpha value is -1.10. The monoisotopic (exact) mass is 226 g/mol. The van der Waals surface area contributed by atoms with Gasteiger partial charge in [0.2, 0.25) is 0 Å². The Labute approximate surface area is 95.2 Å². The van der Waals surface area contributed by atoms with E-state index in [-0.39, 0.29) is 6.54 Å². The normalized spacial score (nSPS) is 21.2. The van der Waals surface area contributed by atoms with Crippen LogP contribution in [0.4, 0.5) is 10.2 Å². The van der Waals surface area contributed by atoms with E-state index in [4.69, 9.17) is 5.73 Å². The first-order chi connectivity index (χ1) is 7.48. The second-order valence-electron chi connectivity index (χ2n) is 4.82. The Morgan fingerprint density at radius 2 is 2.12 bits per heavy atom. The molecule has 0 radical (unpaired) electrons. The molecular formula is C11H19FN4. The van der Waals surface area contributed by atoms with Crippen LogP contribution in [0.3, 0.4) is 0 Å². The molecule has 1 aliphatic heterocycles. The summed E-state index contributed by atoms with van der Waals surface area (Å²) < 4.78 is 16.1. The van der Waals surface area contributed by atoms with Gasteiger partial charge in [0.15, 0.2) is 0 Å². The van der Waals surface area contributed by atoms with Crippen molar-refractivity contribution in [3.05, 3.63) is 11.8 Å². The maximum absolute atomic E-state index is 14.5. The summed E-state index contributed by atoms with van der Waals surface area (Å²) in [6, 6.07) is 1.78. The van der Waals surface area contributed by atoms with E-state index in [9.17, 15) is 4.39 Å². The topological polar surface area (TPSA) is 47.1 Å². The highest BCUT2D eigenvalue weighted by atomic mass is 19.1. The molecule has 0 aliphatic carbocycles.